The predicted octanol–water partition coefficient (Wildman–Crippen LogP) is 1.69. The zero-order valence-electron chi connectivity index (χ0n) is 12.6. The molecule has 2 rings (SSSR count). The summed E-state index contributed by atoms with van der Waals surface area (Å²) in [5.74, 6) is 0.496. The molecule has 0 bridgehead atoms. The highest BCUT2D eigenvalue weighted by Gasteiger charge is 2.10. The molecule has 2 N–H and O–H groups in total. The highest BCUT2D eigenvalue weighted by Crippen LogP contribution is 2.14. The Bertz CT molecular complexity index is 608. The molecule has 1 atom stereocenters. The van der Waals surface area contributed by atoms with E-state index >= 15 is 0 Å². The lowest BCUT2D eigenvalue weighted by Crippen LogP contribution is -2.20. The number of nitrogens with one attached hydrogen (secondary N) is 2. The van der Waals surface area contributed by atoms with Crippen LogP contribution in [0.3, 0.4) is 0 Å². The summed E-state index contributed by atoms with van der Waals surface area (Å²) >= 11 is 0. The van der Waals surface area contributed by atoms with Crippen molar-refractivity contribution in [3.05, 3.63) is 41.9 Å². The van der Waals surface area contributed by atoms with E-state index in [1.165, 1.54) is 0 Å². The fraction of sp³-hybridized carbons (Fsp3) is 0.400. The normalized spacial score (nSPS) is 12.1. The van der Waals surface area contributed by atoms with Crippen LogP contribution in [0.15, 0.2) is 30.6 Å². The second-order valence-electron chi connectivity index (χ2n) is 4.85. The Morgan fingerprint density at radius 2 is 2.24 bits per heavy atom. The van der Waals surface area contributed by atoms with Gasteiger partial charge >= 0.3 is 0 Å². The standard InChI is InChI=1S/C15H21N5O/c1-4-7-17-11(2)12-5-8-18-14(10-12)20-9-6-13(19-20)15(21)16-3/h5-6,8-11,17H,4,7H2,1-3H3,(H,16,21). The maximum atomic E-state index is 11.5. The van der Waals surface area contributed by atoms with Gasteiger partial charge in [0.1, 0.15) is 0 Å². The van der Waals surface area contributed by atoms with E-state index in [1.54, 1.807) is 30.2 Å². The molecule has 6 nitrogen and oxygen atoms in total. The molecule has 112 valence electrons. The fourth-order valence-corrected chi connectivity index (χ4v) is 2.01. The average Bonchev–Trinajstić information content (AvgIpc) is 3.02. The summed E-state index contributed by atoms with van der Waals surface area (Å²) in [7, 11) is 1.58. The van der Waals surface area contributed by atoms with E-state index in [4.69, 9.17) is 0 Å². The van der Waals surface area contributed by atoms with Gasteiger partial charge < -0.3 is 10.6 Å². The van der Waals surface area contributed by atoms with E-state index in [-0.39, 0.29) is 11.9 Å². The molecule has 0 fully saturated rings. The minimum absolute atomic E-state index is 0.206. The number of nitrogens with zero attached hydrogens (tertiary/aromatic N) is 3. The van der Waals surface area contributed by atoms with Crippen LogP contribution in [0.25, 0.3) is 5.82 Å². The van der Waals surface area contributed by atoms with Crippen LogP contribution >= 0.6 is 0 Å². The summed E-state index contributed by atoms with van der Waals surface area (Å²) in [4.78, 5) is 15.8. The number of hydrogen-bond donors (Lipinski definition) is 2. The van der Waals surface area contributed by atoms with Gasteiger partial charge in [-0.1, -0.05) is 6.92 Å². The molecular formula is C15H21N5O. The Kier molecular flexibility index (Phi) is 5.05. The van der Waals surface area contributed by atoms with Crippen LogP contribution in [0.2, 0.25) is 0 Å². The van der Waals surface area contributed by atoms with Gasteiger partial charge in [0.15, 0.2) is 11.5 Å². The van der Waals surface area contributed by atoms with Crippen LogP contribution in [0.4, 0.5) is 0 Å². The maximum Gasteiger partial charge on any atom is 0.271 e. The van der Waals surface area contributed by atoms with Crippen molar-refractivity contribution in [1.29, 1.82) is 0 Å². The molecule has 0 spiro atoms. The van der Waals surface area contributed by atoms with E-state index < -0.39 is 0 Å². The minimum Gasteiger partial charge on any atom is -0.354 e. The third-order valence-corrected chi connectivity index (χ3v) is 3.25. The second-order valence-corrected chi connectivity index (χ2v) is 4.85. The summed E-state index contributed by atoms with van der Waals surface area (Å²) in [5, 5.41) is 10.2. The zero-order chi connectivity index (χ0) is 15.2. The lowest BCUT2D eigenvalue weighted by atomic mass is 10.1. The number of hydrogen-bond acceptors (Lipinski definition) is 4. The molecule has 21 heavy (non-hydrogen) atoms. The van der Waals surface area contributed by atoms with Gasteiger partial charge in [-0.2, -0.15) is 5.10 Å². The number of carbonyl (C=O) groups is 1. The molecule has 0 saturated carbocycles. The van der Waals surface area contributed by atoms with Gasteiger partial charge in [0.25, 0.3) is 5.91 Å². The Morgan fingerprint density at radius 3 is 2.95 bits per heavy atom. The molecule has 1 unspecified atom stereocenters. The van der Waals surface area contributed by atoms with Gasteiger partial charge in [-0.3, -0.25) is 4.79 Å². The van der Waals surface area contributed by atoms with E-state index in [0.717, 1.165) is 18.5 Å². The average molecular weight is 287 g/mol. The third-order valence-electron chi connectivity index (χ3n) is 3.25. The number of carbonyl (C=O) groups excluding carboxylic acids is 1. The number of aromatic nitrogens is 3. The molecule has 0 radical (unpaired) electrons. The minimum atomic E-state index is -0.206. The van der Waals surface area contributed by atoms with E-state index in [9.17, 15) is 4.79 Å². The van der Waals surface area contributed by atoms with Gasteiger partial charge in [-0.25, -0.2) is 9.67 Å². The Morgan fingerprint density at radius 1 is 1.43 bits per heavy atom. The van der Waals surface area contributed by atoms with Crippen molar-refractivity contribution in [2.45, 2.75) is 26.3 Å². The molecule has 2 aromatic rings. The monoisotopic (exact) mass is 287 g/mol. The maximum absolute atomic E-state index is 11.5. The van der Waals surface area contributed by atoms with Crippen LogP contribution in [0, 0.1) is 0 Å². The predicted molar refractivity (Wildman–Crippen MR) is 81.5 cm³/mol. The van der Waals surface area contributed by atoms with Crippen molar-refractivity contribution in [2.75, 3.05) is 13.6 Å². The number of rotatable bonds is 6. The van der Waals surface area contributed by atoms with Gasteiger partial charge in [-0.05, 0) is 43.7 Å². The van der Waals surface area contributed by atoms with Crippen molar-refractivity contribution < 1.29 is 4.79 Å². The Hall–Kier alpha value is -2.21. The molecule has 6 heteroatoms. The van der Waals surface area contributed by atoms with Crippen molar-refractivity contribution in [3.63, 3.8) is 0 Å². The van der Waals surface area contributed by atoms with Crippen LogP contribution in [-0.4, -0.2) is 34.3 Å². The van der Waals surface area contributed by atoms with Crippen molar-refractivity contribution in [1.82, 2.24) is 25.4 Å². The van der Waals surface area contributed by atoms with E-state index in [2.05, 4.69) is 34.6 Å². The first-order valence-electron chi connectivity index (χ1n) is 7.13. The Balaban J connectivity index is 2.20. The number of amides is 1. The molecule has 2 aromatic heterocycles. The van der Waals surface area contributed by atoms with Crippen molar-refractivity contribution >= 4 is 5.91 Å². The van der Waals surface area contributed by atoms with Gasteiger partial charge in [0.05, 0.1) is 0 Å². The molecule has 0 saturated heterocycles. The van der Waals surface area contributed by atoms with Crippen molar-refractivity contribution in [3.8, 4) is 5.82 Å². The van der Waals surface area contributed by atoms with Crippen molar-refractivity contribution in [2.24, 2.45) is 0 Å². The first kappa shape index (κ1) is 15.2. The molecule has 0 aliphatic carbocycles. The molecule has 1 amide bonds. The molecule has 0 aromatic carbocycles. The molecule has 0 aliphatic heterocycles. The Labute approximate surface area is 124 Å². The summed E-state index contributed by atoms with van der Waals surface area (Å²) < 4.78 is 1.61. The van der Waals surface area contributed by atoms with E-state index in [1.807, 2.05) is 12.1 Å². The highest BCUT2D eigenvalue weighted by atomic mass is 16.1. The summed E-state index contributed by atoms with van der Waals surface area (Å²) in [6.45, 7) is 5.23. The van der Waals surface area contributed by atoms with Gasteiger partial charge in [0, 0.05) is 25.5 Å². The lowest BCUT2D eigenvalue weighted by Gasteiger charge is -2.14. The SMILES string of the molecule is CCCNC(C)c1ccnc(-n2ccc(C(=O)NC)n2)c1. The number of pyridine rings is 1. The topological polar surface area (TPSA) is 71.8 Å². The van der Waals surface area contributed by atoms with Crippen LogP contribution in [0.1, 0.15) is 42.4 Å². The fourth-order valence-electron chi connectivity index (χ4n) is 2.01. The largest absolute Gasteiger partial charge is 0.354 e. The third kappa shape index (κ3) is 3.66. The molecular weight excluding hydrogens is 266 g/mol. The summed E-state index contributed by atoms with van der Waals surface area (Å²) in [5.41, 5.74) is 1.52. The molecule has 2 heterocycles. The summed E-state index contributed by atoms with van der Waals surface area (Å²) in [6, 6.07) is 5.89. The van der Waals surface area contributed by atoms with Crippen LogP contribution < -0.4 is 10.6 Å². The first-order chi connectivity index (χ1) is 10.2. The molecule has 0 aliphatic rings. The smallest absolute Gasteiger partial charge is 0.271 e. The van der Waals surface area contributed by atoms with Crippen LogP contribution in [0.5, 0.6) is 0 Å². The zero-order valence-corrected chi connectivity index (χ0v) is 12.6. The second kappa shape index (κ2) is 6.99. The highest BCUT2D eigenvalue weighted by molar-refractivity contribution is 5.91. The quantitative estimate of drug-likeness (QED) is 0.848. The van der Waals surface area contributed by atoms with Gasteiger partial charge in [0.2, 0.25) is 0 Å². The lowest BCUT2D eigenvalue weighted by molar-refractivity contribution is 0.0957. The van der Waals surface area contributed by atoms with Gasteiger partial charge in [-0.15, -0.1) is 0 Å². The van der Waals surface area contributed by atoms with E-state index in [0.29, 0.717) is 11.5 Å². The van der Waals surface area contributed by atoms with Crippen LogP contribution in [-0.2, 0) is 0 Å². The summed E-state index contributed by atoms with van der Waals surface area (Å²) in [6.07, 6.45) is 4.59. The first-order valence-corrected chi connectivity index (χ1v) is 7.13.